The Hall–Kier alpha value is -0.300. The molecule has 0 unspecified atom stereocenters. The molecule has 0 atom stereocenters. The summed E-state index contributed by atoms with van der Waals surface area (Å²) in [5, 5.41) is 3.65. The predicted molar refractivity (Wildman–Crippen MR) is 77.2 cm³/mol. The van der Waals surface area contributed by atoms with Gasteiger partial charge in [0.1, 0.15) is 0 Å². The van der Waals surface area contributed by atoms with Crippen LogP contribution >= 0.6 is 0 Å². The lowest BCUT2D eigenvalue weighted by Crippen LogP contribution is -2.30. The highest BCUT2D eigenvalue weighted by molar-refractivity contribution is 5.05. The molecule has 0 heterocycles. The van der Waals surface area contributed by atoms with Gasteiger partial charge in [0.25, 0.3) is 0 Å². The molecule has 0 saturated carbocycles. The third kappa shape index (κ3) is 5.72. The van der Waals surface area contributed by atoms with Crippen LogP contribution in [0.2, 0.25) is 0 Å². The minimum atomic E-state index is 0.788. The molecule has 0 spiro atoms. The smallest absolute Gasteiger partial charge is 0.00115 e. The Kier molecular flexibility index (Phi) is 6.87. The Labute approximate surface area is 108 Å². The average molecular weight is 237 g/mol. The highest BCUT2D eigenvalue weighted by Crippen LogP contribution is 2.21. The van der Waals surface area contributed by atoms with Gasteiger partial charge in [0.05, 0.1) is 0 Å². The first-order chi connectivity index (χ1) is 8.11. The van der Waals surface area contributed by atoms with E-state index in [9.17, 15) is 0 Å². The number of hydrogen-bond donors (Lipinski definition) is 1. The zero-order chi connectivity index (χ0) is 12.7. The standard InChI is InChI=1S/C16H31N/c1-13(2)16(14(3)4)12-17-11-10-15-8-6-5-7-9-15/h8,13-14,16-17H,5-7,9-12H2,1-4H3. The highest BCUT2D eigenvalue weighted by Gasteiger charge is 2.16. The van der Waals surface area contributed by atoms with Gasteiger partial charge in [0, 0.05) is 0 Å². The van der Waals surface area contributed by atoms with Gasteiger partial charge < -0.3 is 5.32 Å². The average Bonchev–Trinajstić information content (AvgIpc) is 2.29. The summed E-state index contributed by atoms with van der Waals surface area (Å²) in [6, 6.07) is 0. The number of nitrogens with one attached hydrogen (secondary N) is 1. The van der Waals surface area contributed by atoms with Crippen LogP contribution in [0.3, 0.4) is 0 Å². The van der Waals surface area contributed by atoms with Crippen molar-refractivity contribution in [3.63, 3.8) is 0 Å². The van der Waals surface area contributed by atoms with E-state index >= 15 is 0 Å². The van der Waals surface area contributed by atoms with Crippen molar-refractivity contribution in [3.8, 4) is 0 Å². The van der Waals surface area contributed by atoms with Crippen molar-refractivity contribution >= 4 is 0 Å². The van der Waals surface area contributed by atoms with Crippen molar-refractivity contribution in [3.05, 3.63) is 11.6 Å². The van der Waals surface area contributed by atoms with E-state index in [1.54, 1.807) is 5.57 Å². The van der Waals surface area contributed by atoms with E-state index in [0.29, 0.717) is 0 Å². The molecule has 100 valence electrons. The maximum atomic E-state index is 3.65. The summed E-state index contributed by atoms with van der Waals surface area (Å²) >= 11 is 0. The van der Waals surface area contributed by atoms with Gasteiger partial charge in [-0.05, 0) is 62.9 Å². The third-order valence-electron chi connectivity index (χ3n) is 4.10. The lowest BCUT2D eigenvalue weighted by molar-refractivity contribution is 0.276. The molecule has 1 rings (SSSR count). The van der Waals surface area contributed by atoms with Crippen molar-refractivity contribution < 1.29 is 0 Å². The van der Waals surface area contributed by atoms with Gasteiger partial charge in [-0.2, -0.15) is 0 Å². The summed E-state index contributed by atoms with van der Waals surface area (Å²) in [5.41, 5.74) is 1.69. The molecule has 17 heavy (non-hydrogen) atoms. The van der Waals surface area contributed by atoms with Crippen LogP contribution in [0, 0.1) is 17.8 Å². The molecule has 0 saturated heterocycles. The van der Waals surface area contributed by atoms with Crippen molar-refractivity contribution in [2.45, 2.75) is 59.8 Å². The van der Waals surface area contributed by atoms with Crippen molar-refractivity contribution in [1.29, 1.82) is 0 Å². The molecule has 0 fully saturated rings. The van der Waals surface area contributed by atoms with E-state index < -0.39 is 0 Å². The van der Waals surface area contributed by atoms with Crippen LogP contribution in [-0.4, -0.2) is 13.1 Å². The molecule has 1 N–H and O–H groups in total. The van der Waals surface area contributed by atoms with Gasteiger partial charge in [0.15, 0.2) is 0 Å². The summed E-state index contributed by atoms with van der Waals surface area (Å²) in [6.07, 6.45) is 9.21. The number of rotatable bonds is 7. The fourth-order valence-corrected chi connectivity index (χ4v) is 2.89. The fraction of sp³-hybridized carbons (Fsp3) is 0.875. The Morgan fingerprint density at radius 3 is 2.35 bits per heavy atom. The summed E-state index contributed by atoms with van der Waals surface area (Å²) < 4.78 is 0. The maximum Gasteiger partial charge on any atom is -0.00115 e. The van der Waals surface area contributed by atoms with Gasteiger partial charge >= 0.3 is 0 Å². The minimum absolute atomic E-state index is 0.788. The largest absolute Gasteiger partial charge is 0.316 e. The van der Waals surface area contributed by atoms with Crippen molar-refractivity contribution in [2.75, 3.05) is 13.1 Å². The Bertz CT molecular complexity index is 220. The zero-order valence-corrected chi connectivity index (χ0v) is 12.3. The van der Waals surface area contributed by atoms with Gasteiger partial charge in [-0.3, -0.25) is 0 Å². The van der Waals surface area contributed by atoms with Crippen LogP contribution in [0.5, 0.6) is 0 Å². The van der Waals surface area contributed by atoms with E-state index in [1.165, 1.54) is 45.2 Å². The van der Waals surface area contributed by atoms with Crippen LogP contribution in [0.25, 0.3) is 0 Å². The molecule has 0 bridgehead atoms. The molecule has 0 aromatic rings. The molecule has 0 aliphatic heterocycles. The van der Waals surface area contributed by atoms with Crippen LogP contribution in [0.15, 0.2) is 11.6 Å². The number of allylic oxidation sites excluding steroid dienone is 1. The predicted octanol–water partition coefficient (Wildman–Crippen LogP) is 4.39. The van der Waals surface area contributed by atoms with Gasteiger partial charge in [-0.15, -0.1) is 0 Å². The van der Waals surface area contributed by atoms with E-state index in [0.717, 1.165) is 17.8 Å². The van der Waals surface area contributed by atoms with Crippen molar-refractivity contribution in [2.24, 2.45) is 17.8 Å². The quantitative estimate of drug-likeness (QED) is 0.511. The maximum absolute atomic E-state index is 3.65. The van der Waals surface area contributed by atoms with Crippen LogP contribution < -0.4 is 5.32 Å². The molecule has 1 aliphatic rings. The summed E-state index contributed by atoms with van der Waals surface area (Å²) in [6.45, 7) is 11.7. The SMILES string of the molecule is CC(C)C(CNCCC1=CCCCC1)C(C)C. The molecule has 1 heteroatoms. The first kappa shape index (κ1) is 14.8. The second-order valence-electron chi connectivity index (χ2n) is 6.21. The zero-order valence-electron chi connectivity index (χ0n) is 12.3. The van der Waals surface area contributed by atoms with Gasteiger partial charge in [-0.1, -0.05) is 39.3 Å². The lowest BCUT2D eigenvalue weighted by Gasteiger charge is -2.25. The molecule has 0 radical (unpaired) electrons. The Balaban J connectivity index is 2.15. The molecule has 1 nitrogen and oxygen atoms in total. The molecule has 0 aromatic carbocycles. The van der Waals surface area contributed by atoms with Crippen LogP contribution in [0.4, 0.5) is 0 Å². The second kappa shape index (κ2) is 7.92. The van der Waals surface area contributed by atoms with E-state index in [2.05, 4.69) is 39.1 Å². The number of hydrogen-bond acceptors (Lipinski definition) is 1. The topological polar surface area (TPSA) is 12.0 Å². The Morgan fingerprint density at radius 2 is 1.82 bits per heavy atom. The summed E-state index contributed by atoms with van der Waals surface area (Å²) in [5.74, 6) is 2.39. The van der Waals surface area contributed by atoms with E-state index in [-0.39, 0.29) is 0 Å². The lowest BCUT2D eigenvalue weighted by atomic mass is 9.85. The van der Waals surface area contributed by atoms with Crippen molar-refractivity contribution in [1.82, 2.24) is 5.32 Å². The van der Waals surface area contributed by atoms with Crippen LogP contribution in [0.1, 0.15) is 59.8 Å². The molecule has 0 amide bonds. The van der Waals surface area contributed by atoms with E-state index in [4.69, 9.17) is 0 Å². The molecular formula is C16H31N. The molecular weight excluding hydrogens is 206 g/mol. The third-order valence-corrected chi connectivity index (χ3v) is 4.10. The molecule has 1 aliphatic carbocycles. The normalized spacial score (nSPS) is 17.0. The van der Waals surface area contributed by atoms with Gasteiger partial charge in [0.2, 0.25) is 0 Å². The fourth-order valence-electron chi connectivity index (χ4n) is 2.89. The minimum Gasteiger partial charge on any atom is -0.316 e. The Morgan fingerprint density at radius 1 is 1.12 bits per heavy atom. The highest BCUT2D eigenvalue weighted by atomic mass is 14.9. The summed E-state index contributed by atoms with van der Waals surface area (Å²) in [4.78, 5) is 0. The van der Waals surface area contributed by atoms with Gasteiger partial charge in [-0.25, -0.2) is 0 Å². The summed E-state index contributed by atoms with van der Waals surface area (Å²) in [7, 11) is 0. The molecule has 0 aromatic heterocycles. The second-order valence-corrected chi connectivity index (χ2v) is 6.21. The monoisotopic (exact) mass is 237 g/mol. The van der Waals surface area contributed by atoms with Crippen LogP contribution in [-0.2, 0) is 0 Å². The first-order valence-electron chi connectivity index (χ1n) is 7.50. The first-order valence-corrected chi connectivity index (χ1v) is 7.50. The van der Waals surface area contributed by atoms with E-state index in [1.807, 2.05) is 0 Å².